The molecule has 2 atom stereocenters. The van der Waals surface area contributed by atoms with E-state index in [0.717, 1.165) is 63.7 Å². The summed E-state index contributed by atoms with van der Waals surface area (Å²) in [4.78, 5) is 37.4. The van der Waals surface area contributed by atoms with Crippen LogP contribution in [-0.4, -0.2) is 37.2 Å². The highest BCUT2D eigenvalue weighted by Gasteiger charge is 2.19. The van der Waals surface area contributed by atoms with Crippen molar-refractivity contribution >= 4 is 17.9 Å². The standard InChI is InChI=1S/C43H82O6/c1-5-8-10-12-14-15-16-17-18-19-20-22-26-30-34-41(44)47-37-40(49-43(46)36-32-28-21-13-11-9-6-2)38-48-42(45)35-31-27-24-23-25-29-33-39(4)7-3/h39-40H,5-38H2,1-4H3/t39?,40-/m1/s1. The van der Waals surface area contributed by atoms with E-state index in [2.05, 4.69) is 27.7 Å². The fraction of sp³-hybridized carbons (Fsp3) is 0.930. The summed E-state index contributed by atoms with van der Waals surface area (Å²) in [7, 11) is 0. The smallest absolute Gasteiger partial charge is 0.306 e. The van der Waals surface area contributed by atoms with Gasteiger partial charge in [0, 0.05) is 19.3 Å². The Labute approximate surface area is 304 Å². The Kier molecular flexibility index (Phi) is 36.4. The molecule has 0 aliphatic rings. The molecule has 0 spiro atoms. The summed E-state index contributed by atoms with van der Waals surface area (Å²) in [5, 5.41) is 0. The van der Waals surface area contributed by atoms with Gasteiger partial charge in [-0.15, -0.1) is 0 Å². The molecule has 0 heterocycles. The van der Waals surface area contributed by atoms with Gasteiger partial charge >= 0.3 is 17.9 Å². The lowest BCUT2D eigenvalue weighted by atomic mass is 10.00. The van der Waals surface area contributed by atoms with Gasteiger partial charge in [0.2, 0.25) is 0 Å². The van der Waals surface area contributed by atoms with Crippen molar-refractivity contribution in [2.45, 2.75) is 239 Å². The van der Waals surface area contributed by atoms with E-state index in [1.165, 1.54) is 128 Å². The summed E-state index contributed by atoms with van der Waals surface area (Å²) < 4.78 is 16.6. The number of hydrogen-bond donors (Lipinski definition) is 0. The number of carbonyl (C=O) groups excluding carboxylic acids is 3. The maximum Gasteiger partial charge on any atom is 0.306 e. The summed E-state index contributed by atoms with van der Waals surface area (Å²) in [5.74, 6) is -0.0530. The van der Waals surface area contributed by atoms with E-state index in [4.69, 9.17) is 14.2 Å². The van der Waals surface area contributed by atoms with Gasteiger partial charge in [0.25, 0.3) is 0 Å². The van der Waals surface area contributed by atoms with E-state index < -0.39 is 6.10 Å². The van der Waals surface area contributed by atoms with Gasteiger partial charge in [-0.3, -0.25) is 14.4 Å². The lowest BCUT2D eigenvalue weighted by molar-refractivity contribution is -0.167. The number of hydrogen-bond acceptors (Lipinski definition) is 6. The molecule has 0 rings (SSSR count). The number of esters is 3. The molecule has 6 heteroatoms. The van der Waals surface area contributed by atoms with E-state index in [0.29, 0.717) is 19.3 Å². The van der Waals surface area contributed by atoms with Crippen LogP contribution in [0.2, 0.25) is 0 Å². The number of rotatable bonds is 38. The van der Waals surface area contributed by atoms with Gasteiger partial charge in [0.05, 0.1) is 0 Å². The molecule has 1 unspecified atom stereocenters. The number of unbranched alkanes of at least 4 members (excludes halogenated alkanes) is 24. The molecule has 290 valence electrons. The van der Waals surface area contributed by atoms with Gasteiger partial charge in [-0.05, 0) is 25.2 Å². The maximum atomic E-state index is 12.6. The van der Waals surface area contributed by atoms with E-state index in [1.807, 2.05) is 0 Å². The highest BCUT2D eigenvalue weighted by atomic mass is 16.6. The molecule has 0 aromatic carbocycles. The summed E-state index contributed by atoms with van der Waals surface area (Å²) >= 11 is 0. The van der Waals surface area contributed by atoms with Crippen molar-refractivity contribution in [3.05, 3.63) is 0 Å². The van der Waals surface area contributed by atoms with Crippen LogP contribution in [-0.2, 0) is 28.6 Å². The third-order valence-electron chi connectivity index (χ3n) is 9.90. The SMILES string of the molecule is CCCCCCCCCCCCCCCCC(=O)OC[C@H](COC(=O)CCCCCCCCC(C)CC)OC(=O)CCCCCCCCC. The molecule has 0 aliphatic carbocycles. The van der Waals surface area contributed by atoms with Gasteiger partial charge in [0.1, 0.15) is 13.2 Å². The lowest BCUT2D eigenvalue weighted by Crippen LogP contribution is -2.30. The average Bonchev–Trinajstić information content (AvgIpc) is 3.10. The first-order valence-electron chi connectivity index (χ1n) is 21.4. The van der Waals surface area contributed by atoms with E-state index in [-0.39, 0.29) is 31.1 Å². The van der Waals surface area contributed by atoms with Crippen LogP contribution < -0.4 is 0 Å². The summed E-state index contributed by atoms with van der Waals surface area (Å²) in [6.07, 6.45) is 35.3. The van der Waals surface area contributed by atoms with Crippen LogP contribution in [0.25, 0.3) is 0 Å². The van der Waals surface area contributed by atoms with Crippen LogP contribution in [0.5, 0.6) is 0 Å². The minimum absolute atomic E-state index is 0.0654. The van der Waals surface area contributed by atoms with Crippen molar-refractivity contribution < 1.29 is 28.6 Å². The van der Waals surface area contributed by atoms with Crippen LogP contribution in [0.15, 0.2) is 0 Å². The first-order chi connectivity index (χ1) is 23.9. The Bertz CT molecular complexity index is 738. The molecular formula is C43H82O6. The normalized spacial score (nSPS) is 12.5. The maximum absolute atomic E-state index is 12.6. The largest absolute Gasteiger partial charge is 0.462 e. The van der Waals surface area contributed by atoms with Crippen molar-refractivity contribution in [3.63, 3.8) is 0 Å². The molecule has 0 bridgehead atoms. The van der Waals surface area contributed by atoms with Gasteiger partial charge in [-0.1, -0.05) is 195 Å². The molecule has 0 N–H and O–H groups in total. The van der Waals surface area contributed by atoms with Crippen LogP contribution >= 0.6 is 0 Å². The highest BCUT2D eigenvalue weighted by molar-refractivity contribution is 5.71. The van der Waals surface area contributed by atoms with Gasteiger partial charge in [-0.2, -0.15) is 0 Å². The fourth-order valence-electron chi connectivity index (χ4n) is 6.24. The minimum Gasteiger partial charge on any atom is -0.462 e. The Morgan fingerprint density at radius 2 is 0.714 bits per heavy atom. The number of ether oxygens (including phenoxy) is 3. The highest BCUT2D eigenvalue weighted by Crippen LogP contribution is 2.16. The first kappa shape index (κ1) is 47.4. The van der Waals surface area contributed by atoms with Crippen LogP contribution in [0.3, 0.4) is 0 Å². The van der Waals surface area contributed by atoms with Crippen molar-refractivity contribution in [1.82, 2.24) is 0 Å². The Balaban J connectivity index is 4.26. The second-order valence-electron chi connectivity index (χ2n) is 14.9. The van der Waals surface area contributed by atoms with Gasteiger partial charge < -0.3 is 14.2 Å². The molecule has 0 aliphatic heterocycles. The predicted molar refractivity (Wildman–Crippen MR) is 206 cm³/mol. The molecular weight excluding hydrogens is 612 g/mol. The average molecular weight is 695 g/mol. The van der Waals surface area contributed by atoms with Crippen LogP contribution in [0.4, 0.5) is 0 Å². The zero-order valence-electron chi connectivity index (χ0n) is 33.1. The Hall–Kier alpha value is -1.59. The summed E-state index contributed by atoms with van der Waals surface area (Å²) in [6, 6.07) is 0. The second-order valence-corrected chi connectivity index (χ2v) is 14.9. The van der Waals surface area contributed by atoms with Crippen molar-refractivity contribution in [2.24, 2.45) is 5.92 Å². The zero-order chi connectivity index (χ0) is 36.0. The van der Waals surface area contributed by atoms with Crippen molar-refractivity contribution in [2.75, 3.05) is 13.2 Å². The Morgan fingerprint density at radius 3 is 1.06 bits per heavy atom. The molecule has 0 amide bonds. The molecule has 0 saturated heterocycles. The van der Waals surface area contributed by atoms with Crippen LogP contribution in [0, 0.1) is 5.92 Å². The quantitative estimate of drug-likeness (QED) is 0.0364. The lowest BCUT2D eigenvalue weighted by Gasteiger charge is -2.18. The summed E-state index contributed by atoms with van der Waals surface area (Å²) in [6.45, 7) is 8.91. The Morgan fingerprint density at radius 1 is 0.408 bits per heavy atom. The molecule has 0 aromatic heterocycles. The van der Waals surface area contributed by atoms with Gasteiger partial charge in [-0.25, -0.2) is 0 Å². The zero-order valence-corrected chi connectivity index (χ0v) is 33.1. The molecule has 0 radical (unpaired) electrons. The molecule has 6 nitrogen and oxygen atoms in total. The fourth-order valence-corrected chi connectivity index (χ4v) is 6.24. The summed E-state index contributed by atoms with van der Waals surface area (Å²) in [5.41, 5.74) is 0. The van der Waals surface area contributed by atoms with E-state index in [9.17, 15) is 14.4 Å². The monoisotopic (exact) mass is 695 g/mol. The van der Waals surface area contributed by atoms with Gasteiger partial charge in [0.15, 0.2) is 6.10 Å². The molecule has 0 fully saturated rings. The molecule has 0 aromatic rings. The molecule has 0 saturated carbocycles. The third kappa shape index (κ3) is 36.0. The third-order valence-corrected chi connectivity index (χ3v) is 9.90. The van der Waals surface area contributed by atoms with Crippen molar-refractivity contribution in [1.29, 1.82) is 0 Å². The van der Waals surface area contributed by atoms with Crippen LogP contribution in [0.1, 0.15) is 233 Å². The van der Waals surface area contributed by atoms with E-state index in [1.54, 1.807) is 0 Å². The molecule has 49 heavy (non-hydrogen) atoms. The predicted octanol–water partition coefficient (Wildman–Crippen LogP) is 13.2. The topological polar surface area (TPSA) is 78.9 Å². The second kappa shape index (κ2) is 37.7. The van der Waals surface area contributed by atoms with Crippen molar-refractivity contribution in [3.8, 4) is 0 Å². The minimum atomic E-state index is -0.758. The first-order valence-corrected chi connectivity index (χ1v) is 21.4. The van der Waals surface area contributed by atoms with E-state index >= 15 is 0 Å². The number of carbonyl (C=O) groups is 3.